The van der Waals surface area contributed by atoms with Crippen LogP contribution in [0.15, 0.2) is 24.4 Å². The number of aromatic nitrogens is 1. The highest BCUT2D eigenvalue weighted by Gasteiger charge is 2.20. The maximum atomic E-state index is 12.1. The minimum absolute atomic E-state index is 0.107. The fraction of sp³-hybridized carbons (Fsp3) is 0.533. The van der Waals surface area contributed by atoms with Crippen LogP contribution >= 0.6 is 0 Å². The third-order valence-electron chi connectivity index (χ3n) is 2.73. The van der Waals surface area contributed by atoms with Crippen LogP contribution in [0.3, 0.4) is 0 Å². The van der Waals surface area contributed by atoms with Crippen LogP contribution in [0.5, 0.6) is 0 Å². The molecule has 0 N–H and O–H groups in total. The van der Waals surface area contributed by atoms with E-state index in [1.165, 1.54) is 9.80 Å². The van der Waals surface area contributed by atoms with Crippen LogP contribution in [0.25, 0.3) is 0 Å². The number of hydrogen-bond acceptors (Lipinski definition) is 4. The monoisotopic (exact) mass is 293 g/mol. The number of amides is 2. The summed E-state index contributed by atoms with van der Waals surface area (Å²) in [5.41, 5.74) is -0.542. The summed E-state index contributed by atoms with van der Waals surface area (Å²) >= 11 is 0. The summed E-state index contributed by atoms with van der Waals surface area (Å²) in [5.74, 6) is 0.478. The molecule has 0 aliphatic heterocycles. The summed E-state index contributed by atoms with van der Waals surface area (Å²) < 4.78 is 5.23. The summed E-state index contributed by atoms with van der Waals surface area (Å²) in [6, 6.07) is 5.37. The van der Waals surface area contributed by atoms with Crippen molar-refractivity contribution >= 4 is 17.8 Å². The third kappa shape index (κ3) is 5.81. The molecule has 0 aromatic carbocycles. The molecule has 116 valence electrons. The second kappa shape index (κ2) is 7.06. The number of ether oxygens (including phenoxy) is 1. The summed E-state index contributed by atoms with van der Waals surface area (Å²) in [4.78, 5) is 30.8. The fourth-order valence-corrected chi connectivity index (χ4v) is 1.54. The number of pyridine rings is 1. The van der Waals surface area contributed by atoms with Gasteiger partial charge in [0.25, 0.3) is 0 Å². The fourth-order valence-electron chi connectivity index (χ4n) is 1.54. The smallest absolute Gasteiger partial charge is 0.410 e. The molecule has 0 saturated carbocycles. The maximum absolute atomic E-state index is 12.1. The molecule has 0 bridgehead atoms. The van der Waals surface area contributed by atoms with E-state index >= 15 is 0 Å². The van der Waals surface area contributed by atoms with Crippen molar-refractivity contribution in [2.75, 3.05) is 25.5 Å². The van der Waals surface area contributed by atoms with E-state index < -0.39 is 11.7 Å². The van der Waals surface area contributed by atoms with E-state index in [-0.39, 0.29) is 12.3 Å². The molecule has 0 aliphatic rings. The van der Waals surface area contributed by atoms with E-state index in [1.54, 1.807) is 53.2 Å². The number of anilines is 1. The first-order valence-corrected chi connectivity index (χ1v) is 6.82. The molecular formula is C15H23N3O3. The number of carbonyl (C=O) groups excluding carboxylic acids is 2. The Labute approximate surface area is 125 Å². The van der Waals surface area contributed by atoms with Crippen molar-refractivity contribution in [1.82, 2.24) is 9.88 Å². The Hall–Kier alpha value is -2.11. The molecule has 0 fully saturated rings. The number of carbonyl (C=O) groups is 2. The van der Waals surface area contributed by atoms with E-state index in [0.29, 0.717) is 12.4 Å². The zero-order valence-electron chi connectivity index (χ0n) is 13.3. The van der Waals surface area contributed by atoms with Crippen LogP contribution in [-0.2, 0) is 9.53 Å². The Bertz CT molecular complexity index is 483. The molecule has 0 radical (unpaired) electrons. The topological polar surface area (TPSA) is 62.7 Å². The van der Waals surface area contributed by atoms with Gasteiger partial charge in [-0.25, -0.2) is 9.78 Å². The largest absolute Gasteiger partial charge is 0.444 e. The quantitative estimate of drug-likeness (QED) is 0.854. The van der Waals surface area contributed by atoms with Crippen molar-refractivity contribution in [1.29, 1.82) is 0 Å². The van der Waals surface area contributed by atoms with E-state index in [9.17, 15) is 9.59 Å². The molecule has 1 heterocycles. The van der Waals surface area contributed by atoms with Gasteiger partial charge in [0.15, 0.2) is 0 Å². The summed E-state index contributed by atoms with van der Waals surface area (Å²) in [6.07, 6.45) is 1.41. The molecule has 0 spiro atoms. The minimum Gasteiger partial charge on any atom is -0.444 e. The molecule has 1 rings (SSSR count). The van der Waals surface area contributed by atoms with E-state index in [2.05, 4.69) is 4.98 Å². The Kier molecular flexibility index (Phi) is 5.69. The summed E-state index contributed by atoms with van der Waals surface area (Å²) in [7, 11) is 3.28. The average molecular weight is 293 g/mol. The molecule has 6 nitrogen and oxygen atoms in total. The van der Waals surface area contributed by atoms with Crippen LogP contribution in [0, 0.1) is 0 Å². The Morgan fingerprint density at radius 2 is 1.90 bits per heavy atom. The predicted molar refractivity (Wildman–Crippen MR) is 81.1 cm³/mol. The molecule has 0 atom stereocenters. The minimum atomic E-state index is -0.542. The maximum Gasteiger partial charge on any atom is 0.410 e. The SMILES string of the molecule is CN(CCC(=O)N(C)c1ccccn1)C(=O)OC(C)(C)C. The van der Waals surface area contributed by atoms with Gasteiger partial charge < -0.3 is 9.64 Å². The molecule has 1 aromatic heterocycles. The Balaban J connectivity index is 2.47. The lowest BCUT2D eigenvalue weighted by molar-refractivity contribution is -0.118. The lowest BCUT2D eigenvalue weighted by Gasteiger charge is -2.25. The van der Waals surface area contributed by atoms with Crippen LogP contribution in [-0.4, -0.2) is 48.1 Å². The summed E-state index contributed by atoms with van der Waals surface area (Å²) in [5, 5.41) is 0. The molecule has 2 amide bonds. The van der Waals surface area contributed by atoms with Crippen LogP contribution in [0.4, 0.5) is 10.6 Å². The van der Waals surface area contributed by atoms with Gasteiger partial charge in [-0.2, -0.15) is 0 Å². The molecule has 1 aromatic rings. The second-order valence-electron chi connectivity index (χ2n) is 5.79. The Morgan fingerprint density at radius 3 is 2.43 bits per heavy atom. The van der Waals surface area contributed by atoms with Crippen LogP contribution in [0.1, 0.15) is 27.2 Å². The highest BCUT2D eigenvalue weighted by atomic mass is 16.6. The highest BCUT2D eigenvalue weighted by molar-refractivity contribution is 5.92. The van der Waals surface area contributed by atoms with Gasteiger partial charge in [0.05, 0.1) is 0 Å². The van der Waals surface area contributed by atoms with E-state index in [1.807, 2.05) is 6.07 Å². The first-order valence-electron chi connectivity index (χ1n) is 6.82. The van der Waals surface area contributed by atoms with Crippen molar-refractivity contribution < 1.29 is 14.3 Å². The van der Waals surface area contributed by atoms with Crippen molar-refractivity contribution in [3.8, 4) is 0 Å². The van der Waals surface area contributed by atoms with Crippen molar-refractivity contribution in [2.45, 2.75) is 32.8 Å². The molecular weight excluding hydrogens is 270 g/mol. The van der Waals surface area contributed by atoms with E-state index in [0.717, 1.165) is 0 Å². The zero-order valence-corrected chi connectivity index (χ0v) is 13.3. The third-order valence-corrected chi connectivity index (χ3v) is 2.73. The van der Waals surface area contributed by atoms with Gasteiger partial charge in [0.1, 0.15) is 11.4 Å². The number of nitrogens with zero attached hydrogens (tertiary/aromatic N) is 3. The van der Waals surface area contributed by atoms with Gasteiger partial charge in [-0.15, -0.1) is 0 Å². The average Bonchev–Trinajstić information content (AvgIpc) is 2.42. The highest BCUT2D eigenvalue weighted by Crippen LogP contribution is 2.11. The first-order chi connectivity index (χ1) is 9.70. The van der Waals surface area contributed by atoms with Gasteiger partial charge in [-0.1, -0.05) is 6.07 Å². The normalized spacial score (nSPS) is 10.9. The number of rotatable bonds is 4. The first kappa shape index (κ1) is 16.9. The lowest BCUT2D eigenvalue weighted by atomic mass is 10.2. The second-order valence-corrected chi connectivity index (χ2v) is 5.79. The van der Waals surface area contributed by atoms with Gasteiger partial charge in [-0.05, 0) is 32.9 Å². The molecule has 0 unspecified atom stereocenters. The van der Waals surface area contributed by atoms with Crippen molar-refractivity contribution in [2.24, 2.45) is 0 Å². The molecule has 6 heteroatoms. The molecule has 0 aliphatic carbocycles. The standard InChI is InChI=1S/C15H23N3O3/c1-15(2,3)21-14(20)17(4)11-9-13(19)18(5)12-8-6-7-10-16-12/h6-8,10H,9,11H2,1-5H3. The van der Waals surface area contributed by atoms with E-state index in [4.69, 9.17) is 4.74 Å². The zero-order chi connectivity index (χ0) is 16.0. The Morgan fingerprint density at radius 1 is 1.24 bits per heavy atom. The van der Waals surface area contributed by atoms with Gasteiger partial charge >= 0.3 is 6.09 Å². The number of hydrogen-bond donors (Lipinski definition) is 0. The van der Waals surface area contributed by atoms with Crippen molar-refractivity contribution in [3.05, 3.63) is 24.4 Å². The van der Waals surface area contributed by atoms with Crippen LogP contribution in [0.2, 0.25) is 0 Å². The van der Waals surface area contributed by atoms with Gasteiger partial charge in [0.2, 0.25) is 5.91 Å². The molecule has 21 heavy (non-hydrogen) atoms. The van der Waals surface area contributed by atoms with Gasteiger partial charge in [-0.3, -0.25) is 9.69 Å². The van der Waals surface area contributed by atoms with Gasteiger partial charge in [0, 0.05) is 33.3 Å². The predicted octanol–water partition coefficient (Wildman–Crippen LogP) is 2.30. The van der Waals surface area contributed by atoms with Crippen molar-refractivity contribution in [3.63, 3.8) is 0 Å². The lowest BCUT2D eigenvalue weighted by Crippen LogP contribution is -2.37. The molecule has 0 saturated heterocycles. The van der Waals surface area contributed by atoms with Crippen LogP contribution < -0.4 is 4.90 Å². The summed E-state index contributed by atoms with van der Waals surface area (Å²) in [6.45, 7) is 5.71.